The molecule has 0 aromatic heterocycles. The van der Waals surface area contributed by atoms with Gasteiger partial charge in [-0.3, -0.25) is 0 Å². The van der Waals surface area contributed by atoms with E-state index in [-0.39, 0.29) is 6.10 Å². The number of hydrogen-bond acceptors (Lipinski definition) is 2. The van der Waals surface area contributed by atoms with Gasteiger partial charge in [0.25, 0.3) is 0 Å². The molecule has 0 aromatic carbocycles. The summed E-state index contributed by atoms with van der Waals surface area (Å²) in [4.78, 5) is 0. The molecule has 0 saturated carbocycles. The highest BCUT2D eigenvalue weighted by atomic mass is 16.5. The fourth-order valence-electron chi connectivity index (χ4n) is 1.63. The van der Waals surface area contributed by atoms with Crippen molar-refractivity contribution in [1.29, 1.82) is 0 Å². The smallest absolute Gasteiger partial charge is 0.122 e. The summed E-state index contributed by atoms with van der Waals surface area (Å²) in [5.41, 5.74) is 1.32. The van der Waals surface area contributed by atoms with Crippen molar-refractivity contribution in [3.8, 4) is 0 Å². The van der Waals surface area contributed by atoms with E-state index in [9.17, 15) is 0 Å². The molecule has 0 radical (unpaired) electrons. The van der Waals surface area contributed by atoms with Crippen molar-refractivity contribution in [3.63, 3.8) is 0 Å². The van der Waals surface area contributed by atoms with Gasteiger partial charge >= 0.3 is 0 Å². The summed E-state index contributed by atoms with van der Waals surface area (Å²) >= 11 is 0. The first-order valence-corrected chi connectivity index (χ1v) is 4.58. The van der Waals surface area contributed by atoms with E-state index >= 15 is 0 Å². The second-order valence-corrected chi connectivity index (χ2v) is 3.24. The van der Waals surface area contributed by atoms with E-state index < -0.39 is 0 Å². The van der Waals surface area contributed by atoms with Gasteiger partial charge in [-0.15, -0.1) is 0 Å². The zero-order valence-electron chi connectivity index (χ0n) is 7.16. The highest BCUT2D eigenvalue weighted by molar-refractivity contribution is 5.09. The number of ether oxygens (including phenoxy) is 2. The van der Waals surface area contributed by atoms with E-state index in [1.165, 1.54) is 5.57 Å². The fourth-order valence-corrected chi connectivity index (χ4v) is 1.63. The lowest BCUT2D eigenvalue weighted by atomic mass is 9.99. The molecule has 1 atom stereocenters. The summed E-state index contributed by atoms with van der Waals surface area (Å²) in [6.45, 7) is 0.867. The van der Waals surface area contributed by atoms with Gasteiger partial charge in [-0.25, -0.2) is 0 Å². The Balaban J connectivity index is 1.98. The molecule has 1 unspecified atom stereocenters. The van der Waals surface area contributed by atoms with Crippen LogP contribution >= 0.6 is 0 Å². The van der Waals surface area contributed by atoms with Crippen LogP contribution in [0.25, 0.3) is 0 Å². The molecule has 2 aliphatic heterocycles. The van der Waals surface area contributed by atoms with Gasteiger partial charge in [-0.1, -0.05) is 0 Å². The fraction of sp³-hybridized carbons (Fsp3) is 0.600. The van der Waals surface area contributed by atoms with Crippen LogP contribution in [0.1, 0.15) is 25.7 Å². The Morgan fingerprint density at radius 1 is 1.42 bits per heavy atom. The van der Waals surface area contributed by atoms with Crippen molar-refractivity contribution in [1.82, 2.24) is 0 Å². The quantitative estimate of drug-likeness (QED) is 0.595. The molecule has 2 heteroatoms. The minimum atomic E-state index is 0.287. The standard InChI is InChI=1S/C10H14O2/c1-2-7-12-10(5-1)9-4-3-6-11-8-9/h2,7-8,10H,1,3-6H2. The van der Waals surface area contributed by atoms with Gasteiger partial charge < -0.3 is 9.47 Å². The van der Waals surface area contributed by atoms with E-state index in [0.29, 0.717) is 0 Å². The first-order valence-electron chi connectivity index (χ1n) is 4.58. The maximum atomic E-state index is 5.49. The zero-order chi connectivity index (χ0) is 8.23. The molecule has 0 bridgehead atoms. The maximum absolute atomic E-state index is 5.49. The molecule has 66 valence electrons. The summed E-state index contributed by atoms with van der Waals surface area (Å²) in [7, 11) is 0. The van der Waals surface area contributed by atoms with E-state index in [4.69, 9.17) is 9.47 Å². The molecule has 0 saturated heterocycles. The summed E-state index contributed by atoms with van der Waals surface area (Å²) in [6.07, 6.45) is 10.6. The van der Waals surface area contributed by atoms with Crippen molar-refractivity contribution in [3.05, 3.63) is 24.2 Å². The molecule has 2 heterocycles. The highest BCUT2D eigenvalue weighted by Crippen LogP contribution is 2.23. The van der Waals surface area contributed by atoms with Gasteiger partial charge in [0, 0.05) is 5.57 Å². The van der Waals surface area contributed by atoms with Crippen LogP contribution in [0.2, 0.25) is 0 Å². The molecule has 0 aliphatic carbocycles. The largest absolute Gasteiger partial charge is 0.501 e. The molecule has 2 aliphatic rings. The molecular weight excluding hydrogens is 152 g/mol. The Labute approximate surface area is 72.9 Å². The maximum Gasteiger partial charge on any atom is 0.122 e. The van der Waals surface area contributed by atoms with E-state index in [0.717, 1.165) is 32.3 Å². The van der Waals surface area contributed by atoms with E-state index in [2.05, 4.69) is 6.08 Å². The van der Waals surface area contributed by atoms with Gasteiger partial charge in [0.15, 0.2) is 0 Å². The molecule has 0 fully saturated rings. The lowest BCUT2D eigenvalue weighted by molar-refractivity contribution is 0.132. The first kappa shape index (κ1) is 7.71. The third-order valence-corrected chi connectivity index (χ3v) is 2.31. The Morgan fingerprint density at radius 2 is 2.42 bits per heavy atom. The van der Waals surface area contributed by atoms with E-state index in [1.807, 2.05) is 12.5 Å². The molecule has 2 nitrogen and oxygen atoms in total. The van der Waals surface area contributed by atoms with Crippen molar-refractivity contribution in [2.45, 2.75) is 31.8 Å². The second kappa shape index (κ2) is 3.65. The molecule has 0 spiro atoms. The van der Waals surface area contributed by atoms with Crippen LogP contribution < -0.4 is 0 Å². The normalized spacial score (nSPS) is 28.7. The number of allylic oxidation sites excluding steroid dienone is 1. The van der Waals surface area contributed by atoms with Crippen molar-refractivity contribution in [2.24, 2.45) is 0 Å². The molecule has 0 aromatic rings. The Hall–Kier alpha value is -0.920. The average molecular weight is 166 g/mol. The van der Waals surface area contributed by atoms with Crippen LogP contribution in [-0.4, -0.2) is 12.7 Å². The SMILES string of the molecule is C1=COC(C2=COCCC2)CC1. The van der Waals surface area contributed by atoms with Crippen LogP contribution in [-0.2, 0) is 9.47 Å². The van der Waals surface area contributed by atoms with Crippen molar-refractivity contribution >= 4 is 0 Å². The van der Waals surface area contributed by atoms with Crippen LogP contribution in [0.5, 0.6) is 0 Å². The Morgan fingerprint density at radius 3 is 3.08 bits per heavy atom. The highest BCUT2D eigenvalue weighted by Gasteiger charge is 2.18. The number of hydrogen-bond donors (Lipinski definition) is 0. The summed E-state index contributed by atoms with van der Waals surface area (Å²) in [5, 5.41) is 0. The first-order chi connectivity index (χ1) is 5.97. The lowest BCUT2D eigenvalue weighted by Crippen LogP contribution is -2.18. The van der Waals surface area contributed by atoms with E-state index in [1.54, 1.807) is 0 Å². The molecular formula is C10H14O2. The van der Waals surface area contributed by atoms with Crippen LogP contribution in [0, 0.1) is 0 Å². The third kappa shape index (κ3) is 1.63. The average Bonchev–Trinajstić information content (AvgIpc) is 2.21. The van der Waals surface area contributed by atoms with Gasteiger partial charge in [0.1, 0.15) is 6.10 Å². The molecule has 2 rings (SSSR count). The van der Waals surface area contributed by atoms with Gasteiger partial charge in [0.2, 0.25) is 0 Å². The Bertz CT molecular complexity index is 206. The minimum absolute atomic E-state index is 0.287. The van der Waals surface area contributed by atoms with Crippen LogP contribution in [0.15, 0.2) is 24.2 Å². The summed E-state index contributed by atoms with van der Waals surface area (Å²) in [6, 6.07) is 0. The topological polar surface area (TPSA) is 18.5 Å². The third-order valence-electron chi connectivity index (χ3n) is 2.31. The molecule has 0 amide bonds. The summed E-state index contributed by atoms with van der Waals surface area (Å²) in [5.74, 6) is 0. The summed E-state index contributed by atoms with van der Waals surface area (Å²) < 4.78 is 10.8. The minimum Gasteiger partial charge on any atom is -0.501 e. The Kier molecular flexibility index (Phi) is 2.35. The van der Waals surface area contributed by atoms with Gasteiger partial charge in [0.05, 0.1) is 19.1 Å². The van der Waals surface area contributed by atoms with Crippen LogP contribution in [0.4, 0.5) is 0 Å². The van der Waals surface area contributed by atoms with Crippen molar-refractivity contribution in [2.75, 3.05) is 6.61 Å². The monoisotopic (exact) mass is 166 g/mol. The van der Waals surface area contributed by atoms with Gasteiger partial charge in [-0.2, -0.15) is 0 Å². The predicted molar refractivity (Wildman–Crippen MR) is 46.5 cm³/mol. The predicted octanol–water partition coefficient (Wildman–Crippen LogP) is 2.37. The lowest BCUT2D eigenvalue weighted by Gasteiger charge is -2.24. The molecule has 0 N–H and O–H groups in total. The molecule has 12 heavy (non-hydrogen) atoms. The van der Waals surface area contributed by atoms with Gasteiger partial charge in [-0.05, 0) is 31.8 Å². The van der Waals surface area contributed by atoms with Crippen molar-refractivity contribution < 1.29 is 9.47 Å². The second-order valence-electron chi connectivity index (χ2n) is 3.24. The zero-order valence-corrected chi connectivity index (χ0v) is 7.16. The number of rotatable bonds is 1. The van der Waals surface area contributed by atoms with Crippen LogP contribution in [0.3, 0.4) is 0 Å².